The van der Waals surface area contributed by atoms with Crippen LogP contribution < -0.4 is 10.6 Å². The highest BCUT2D eigenvalue weighted by molar-refractivity contribution is 14.0. The first kappa shape index (κ1) is 28.9. The Labute approximate surface area is 197 Å². The van der Waals surface area contributed by atoms with E-state index in [0.717, 1.165) is 42.4 Å². The standard InChI is InChI=1S/C19H31F3N4O2S.HI/c1-5-23-17(25-12-15-26-14(13-29-15)19(20,21)22)24-11-9-7-6-8-10-16(27)28-18(2,3)4;/h13H,5-12H2,1-4H3,(H2,23,24,25);1H. The van der Waals surface area contributed by atoms with E-state index in [9.17, 15) is 18.0 Å². The number of alkyl halides is 3. The molecule has 0 unspecified atom stereocenters. The van der Waals surface area contributed by atoms with Gasteiger partial charge in [-0.3, -0.25) is 4.79 Å². The van der Waals surface area contributed by atoms with Gasteiger partial charge in [-0.25, -0.2) is 9.98 Å². The number of hydrogen-bond donors (Lipinski definition) is 2. The number of carbonyl (C=O) groups is 1. The molecule has 1 heterocycles. The molecule has 1 rings (SSSR count). The summed E-state index contributed by atoms with van der Waals surface area (Å²) in [6.07, 6.45) is -0.444. The molecule has 0 saturated carbocycles. The van der Waals surface area contributed by atoms with Crippen molar-refractivity contribution >= 4 is 47.2 Å². The van der Waals surface area contributed by atoms with Crippen LogP contribution in [-0.4, -0.2) is 35.6 Å². The zero-order chi connectivity index (χ0) is 21.9. The molecular formula is C19H32F3IN4O2S. The predicted molar refractivity (Wildman–Crippen MR) is 124 cm³/mol. The van der Waals surface area contributed by atoms with Gasteiger partial charge >= 0.3 is 12.1 Å². The number of carbonyl (C=O) groups excluding carboxylic acids is 1. The number of rotatable bonds is 10. The van der Waals surface area contributed by atoms with Gasteiger partial charge in [0.15, 0.2) is 11.7 Å². The van der Waals surface area contributed by atoms with Crippen molar-refractivity contribution in [2.45, 2.75) is 78.1 Å². The van der Waals surface area contributed by atoms with Crippen LogP contribution in [0.15, 0.2) is 10.4 Å². The first-order valence-corrected chi connectivity index (χ1v) is 10.6. The van der Waals surface area contributed by atoms with Crippen molar-refractivity contribution in [2.24, 2.45) is 4.99 Å². The van der Waals surface area contributed by atoms with Crippen molar-refractivity contribution in [2.75, 3.05) is 13.1 Å². The van der Waals surface area contributed by atoms with Crippen molar-refractivity contribution in [3.8, 4) is 0 Å². The summed E-state index contributed by atoms with van der Waals surface area (Å²) < 4.78 is 43.0. The van der Waals surface area contributed by atoms with E-state index >= 15 is 0 Å². The molecule has 11 heteroatoms. The summed E-state index contributed by atoms with van der Waals surface area (Å²) in [5.74, 6) is 0.373. The van der Waals surface area contributed by atoms with Crippen LogP contribution in [0.25, 0.3) is 0 Å². The fraction of sp³-hybridized carbons (Fsp3) is 0.737. The van der Waals surface area contributed by atoms with Crippen LogP contribution in [-0.2, 0) is 22.3 Å². The fourth-order valence-corrected chi connectivity index (χ4v) is 3.07. The van der Waals surface area contributed by atoms with Gasteiger partial charge in [0.1, 0.15) is 10.6 Å². The minimum absolute atomic E-state index is 0. The number of halogens is 4. The van der Waals surface area contributed by atoms with Crippen LogP contribution in [0.2, 0.25) is 0 Å². The molecule has 1 aromatic rings. The maximum Gasteiger partial charge on any atom is 0.434 e. The highest BCUT2D eigenvalue weighted by Gasteiger charge is 2.33. The molecule has 2 N–H and O–H groups in total. The molecule has 0 fully saturated rings. The average molecular weight is 564 g/mol. The number of nitrogens with zero attached hydrogens (tertiary/aromatic N) is 2. The summed E-state index contributed by atoms with van der Waals surface area (Å²) in [5.41, 5.74) is -1.33. The second-order valence-corrected chi connectivity index (χ2v) is 8.44. The van der Waals surface area contributed by atoms with Crippen LogP contribution >= 0.6 is 35.3 Å². The summed E-state index contributed by atoms with van der Waals surface area (Å²) >= 11 is 0.948. The van der Waals surface area contributed by atoms with Gasteiger partial charge in [0, 0.05) is 24.9 Å². The third-order valence-corrected chi connectivity index (χ3v) is 4.41. The van der Waals surface area contributed by atoms with Crippen molar-refractivity contribution in [3.05, 3.63) is 16.1 Å². The lowest BCUT2D eigenvalue weighted by Crippen LogP contribution is -2.37. The van der Waals surface area contributed by atoms with Crippen LogP contribution in [0.4, 0.5) is 13.2 Å². The summed E-state index contributed by atoms with van der Waals surface area (Å²) in [6, 6.07) is 0. The molecule has 0 radical (unpaired) electrons. The molecule has 0 spiro atoms. The Balaban J connectivity index is 0.00000841. The SMILES string of the molecule is CCNC(=NCc1nc(C(F)(F)F)cs1)NCCCCCCC(=O)OC(C)(C)C.I. The summed E-state index contributed by atoms with van der Waals surface area (Å²) in [5, 5.41) is 7.54. The molecule has 0 aromatic carbocycles. The van der Waals surface area contributed by atoms with Gasteiger partial charge in [-0.2, -0.15) is 13.2 Å². The van der Waals surface area contributed by atoms with E-state index in [1.807, 2.05) is 27.7 Å². The van der Waals surface area contributed by atoms with Crippen LogP contribution in [0, 0.1) is 0 Å². The zero-order valence-corrected chi connectivity index (χ0v) is 21.0. The van der Waals surface area contributed by atoms with Crippen molar-refractivity contribution in [1.82, 2.24) is 15.6 Å². The van der Waals surface area contributed by atoms with E-state index in [1.54, 1.807) is 0 Å². The molecule has 174 valence electrons. The number of hydrogen-bond acceptors (Lipinski definition) is 5. The van der Waals surface area contributed by atoms with Crippen LogP contribution in [0.3, 0.4) is 0 Å². The number of ether oxygens (including phenoxy) is 1. The molecule has 6 nitrogen and oxygen atoms in total. The number of nitrogens with one attached hydrogen (secondary N) is 2. The number of aromatic nitrogens is 1. The van der Waals surface area contributed by atoms with Gasteiger partial charge in [0.2, 0.25) is 0 Å². The van der Waals surface area contributed by atoms with Crippen molar-refractivity contribution in [3.63, 3.8) is 0 Å². The Bertz CT molecular complexity index is 661. The second kappa shape index (κ2) is 14.0. The van der Waals surface area contributed by atoms with Gasteiger partial charge in [-0.15, -0.1) is 35.3 Å². The smallest absolute Gasteiger partial charge is 0.434 e. The molecule has 0 aliphatic heterocycles. The Kier molecular flexibility index (Phi) is 13.5. The topological polar surface area (TPSA) is 75.6 Å². The first-order valence-electron chi connectivity index (χ1n) is 9.77. The normalized spacial score (nSPS) is 12.3. The van der Waals surface area contributed by atoms with Gasteiger partial charge in [0.25, 0.3) is 0 Å². The van der Waals surface area contributed by atoms with E-state index < -0.39 is 17.5 Å². The molecule has 0 aliphatic carbocycles. The highest BCUT2D eigenvalue weighted by atomic mass is 127. The largest absolute Gasteiger partial charge is 0.460 e. The lowest BCUT2D eigenvalue weighted by atomic mass is 10.1. The summed E-state index contributed by atoms with van der Waals surface area (Å²) in [7, 11) is 0. The monoisotopic (exact) mass is 564 g/mol. The number of guanidine groups is 1. The molecule has 0 saturated heterocycles. The quantitative estimate of drug-likeness (QED) is 0.136. The van der Waals surface area contributed by atoms with E-state index in [-0.39, 0.29) is 36.5 Å². The lowest BCUT2D eigenvalue weighted by molar-refractivity contribution is -0.155. The van der Waals surface area contributed by atoms with Crippen molar-refractivity contribution < 1.29 is 22.7 Å². The molecular weight excluding hydrogens is 532 g/mol. The Morgan fingerprint density at radius 2 is 1.83 bits per heavy atom. The Morgan fingerprint density at radius 3 is 2.40 bits per heavy atom. The number of esters is 1. The third kappa shape index (κ3) is 13.2. The Hall–Kier alpha value is -1.11. The van der Waals surface area contributed by atoms with Gasteiger partial charge in [-0.05, 0) is 40.5 Å². The summed E-state index contributed by atoms with van der Waals surface area (Å²) in [4.78, 5) is 19.5. The number of thiazole rings is 1. The minimum atomic E-state index is -4.43. The van der Waals surface area contributed by atoms with Gasteiger partial charge in [-0.1, -0.05) is 12.8 Å². The summed E-state index contributed by atoms with van der Waals surface area (Å²) in [6.45, 7) is 8.89. The van der Waals surface area contributed by atoms with Crippen LogP contribution in [0.1, 0.15) is 70.5 Å². The first-order chi connectivity index (χ1) is 13.5. The predicted octanol–water partition coefficient (Wildman–Crippen LogP) is 5.13. The number of unbranched alkanes of at least 4 members (excludes halogenated alkanes) is 3. The van der Waals surface area contributed by atoms with Gasteiger partial charge < -0.3 is 15.4 Å². The minimum Gasteiger partial charge on any atom is -0.460 e. The zero-order valence-electron chi connectivity index (χ0n) is 17.9. The molecule has 0 aliphatic rings. The number of aliphatic imine (C=N–C) groups is 1. The molecule has 30 heavy (non-hydrogen) atoms. The van der Waals surface area contributed by atoms with E-state index in [0.29, 0.717) is 30.5 Å². The van der Waals surface area contributed by atoms with Gasteiger partial charge in [0.05, 0.1) is 6.54 Å². The molecule has 0 amide bonds. The second-order valence-electron chi connectivity index (χ2n) is 7.50. The third-order valence-electron chi connectivity index (χ3n) is 3.58. The maximum atomic E-state index is 12.6. The lowest BCUT2D eigenvalue weighted by Gasteiger charge is -2.19. The average Bonchev–Trinajstić information content (AvgIpc) is 3.06. The van der Waals surface area contributed by atoms with Crippen LogP contribution in [0.5, 0.6) is 0 Å². The maximum absolute atomic E-state index is 12.6. The molecule has 0 bridgehead atoms. The Morgan fingerprint density at radius 1 is 1.17 bits per heavy atom. The van der Waals surface area contributed by atoms with Crippen molar-refractivity contribution in [1.29, 1.82) is 0 Å². The fourth-order valence-electron chi connectivity index (χ4n) is 2.35. The van der Waals surface area contributed by atoms with E-state index in [1.165, 1.54) is 0 Å². The van der Waals surface area contributed by atoms with E-state index in [4.69, 9.17) is 4.74 Å². The highest BCUT2D eigenvalue weighted by Crippen LogP contribution is 2.30. The molecule has 1 aromatic heterocycles. The molecule has 0 atom stereocenters. The van der Waals surface area contributed by atoms with E-state index in [2.05, 4.69) is 20.6 Å².